The summed E-state index contributed by atoms with van der Waals surface area (Å²) in [6.07, 6.45) is 0. The molecule has 2 aromatic carbocycles. The van der Waals surface area contributed by atoms with E-state index in [0.717, 1.165) is 22.9 Å². The van der Waals surface area contributed by atoms with Gasteiger partial charge in [-0.1, -0.05) is 35.9 Å². The monoisotopic (exact) mass is 289 g/mol. The molecule has 2 nitrogen and oxygen atoms in total. The number of rotatable bonds is 5. The fourth-order valence-electron chi connectivity index (χ4n) is 2.22. The van der Waals surface area contributed by atoms with Crippen molar-refractivity contribution in [3.8, 4) is 5.75 Å². The first kappa shape index (κ1) is 14.9. The first-order valence-electron chi connectivity index (χ1n) is 6.72. The van der Waals surface area contributed by atoms with Gasteiger partial charge in [0, 0.05) is 17.6 Å². The van der Waals surface area contributed by atoms with E-state index in [-0.39, 0.29) is 6.04 Å². The van der Waals surface area contributed by atoms with Crippen LogP contribution in [0.1, 0.15) is 29.7 Å². The average Bonchev–Trinajstić information content (AvgIpc) is 2.45. The highest BCUT2D eigenvalue weighted by molar-refractivity contribution is 6.30. The van der Waals surface area contributed by atoms with E-state index in [1.807, 2.05) is 24.3 Å². The number of benzene rings is 2. The van der Waals surface area contributed by atoms with E-state index in [9.17, 15) is 0 Å². The molecule has 0 unspecified atom stereocenters. The van der Waals surface area contributed by atoms with E-state index in [0.29, 0.717) is 0 Å². The van der Waals surface area contributed by atoms with Crippen molar-refractivity contribution in [2.75, 3.05) is 7.11 Å². The SMILES string of the molecule is COc1ccc(CN[C@H](C)c2cccc(Cl)c2)cc1C. The molecular formula is C17H20ClNO. The minimum atomic E-state index is 0.260. The minimum absolute atomic E-state index is 0.260. The lowest BCUT2D eigenvalue weighted by atomic mass is 10.1. The highest BCUT2D eigenvalue weighted by Crippen LogP contribution is 2.20. The summed E-state index contributed by atoms with van der Waals surface area (Å²) < 4.78 is 5.27. The number of nitrogens with one attached hydrogen (secondary N) is 1. The molecule has 0 aliphatic heterocycles. The van der Waals surface area contributed by atoms with E-state index < -0.39 is 0 Å². The molecule has 0 aliphatic carbocycles. The second-order valence-corrected chi connectivity index (χ2v) is 5.40. The zero-order valence-corrected chi connectivity index (χ0v) is 12.9. The van der Waals surface area contributed by atoms with E-state index in [2.05, 4.69) is 37.4 Å². The Bertz CT molecular complexity index is 583. The van der Waals surface area contributed by atoms with Crippen LogP contribution in [0.4, 0.5) is 0 Å². The third kappa shape index (κ3) is 3.75. The van der Waals surface area contributed by atoms with Gasteiger partial charge in [-0.25, -0.2) is 0 Å². The van der Waals surface area contributed by atoms with Gasteiger partial charge >= 0.3 is 0 Å². The summed E-state index contributed by atoms with van der Waals surface area (Å²) in [6.45, 7) is 5.02. The fourth-order valence-corrected chi connectivity index (χ4v) is 2.41. The van der Waals surface area contributed by atoms with Gasteiger partial charge in [0.15, 0.2) is 0 Å². The Hall–Kier alpha value is -1.51. The van der Waals surface area contributed by atoms with Crippen molar-refractivity contribution >= 4 is 11.6 Å². The number of aryl methyl sites for hydroxylation is 1. The van der Waals surface area contributed by atoms with Crippen LogP contribution in [0, 0.1) is 6.92 Å². The molecule has 0 heterocycles. The largest absolute Gasteiger partial charge is 0.496 e. The van der Waals surface area contributed by atoms with Gasteiger partial charge in [-0.2, -0.15) is 0 Å². The van der Waals surface area contributed by atoms with Gasteiger partial charge in [-0.15, -0.1) is 0 Å². The van der Waals surface area contributed by atoms with Gasteiger partial charge in [-0.05, 0) is 48.7 Å². The lowest BCUT2D eigenvalue weighted by molar-refractivity contribution is 0.411. The molecule has 0 amide bonds. The maximum absolute atomic E-state index is 6.02. The molecule has 3 heteroatoms. The molecule has 0 spiro atoms. The number of ether oxygens (including phenoxy) is 1. The predicted molar refractivity (Wildman–Crippen MR) is 84.4 cm³/mol. The van der Waals surface area contributed by atoms with Crippen LogP contribution in [0.2, 0.25) is 5.02 Å². The molecule has 0 radical (unpaired) electrons. The van der Waals surface area contributed by atoms with Crippen molar-refractivity contribution in [2.24, 2.45) is 0 Å². The summed E-state index contributed by atoms with van der Waals surface area (Å²) in [5.41, 5.74) is 3.60. The molecule has 0 bridgehead atoms. The first-order valence-corrected chi connectivity index (χ1v) is 7.10. The van der Waals surface area contributed by atoms with Crippen molar-refractivity contribution in [3.05, 3.63) is 64.2 Å². The summed E-state index contributed by atoms with van der Waals surface area (Å²) >= 11 is 6.02. The van der Waals surface area contributed by atoms with Crippen molar-refractivity contribution in [1.82, 2.24) is 5.32 Å². The van der Waals surface area contributed by atoms with Gasteiger partial charge < -0.3 is 10.1 Å². The molecule has 2 aromatic rings. The number of methoxy groups -OCH3 is 1. The molecular weight excluding hydrogens is 270 g/mol. The predicted octanol–water partition coefficient (Wildman–Crippen LogP) is 4.51. The number of hydrogen-bond acceptors (Lipinski definition) is 2. The van der Waals surface area contributed by atoms with E-state index >= 15 is 0 Å². The highest BCUT2D eigenvalue weighted by atomic mass is 35.5. The quantitative estimate of drug-likeness (QED) is 0.874. The van der Waals surface area contributed by atoms with Gasteiger partial charge in [0.05, 0.1) is 7.11 Å². The van der Waals surface area contributed by atoms with E-state index in [4.69, 9.17) is 16.3 Å². The summed E-state index contributed by atoms with van der Waals surface area (Å²) in [7, 11) is 1.70. The topological polar surface area (TPSA) is 21.3 Å². The minimum Gasteiger partial charge on any atom is -0.496 e. The Morgan fingerprint density at radius 3 is 2.65 bits per heavy atom. The second kappa shape index (κ2) is 6.78. The molecule has 0 aliphatic rings. The number of halogens is 1. The molecule has 20 heavy (non-hydrogen) atoms. The second-order valence-electron chi connectivity index (χ2n) is 4.96. The van der Waals surface area contributed by atoms with Crippen LogP contribution in [-0.2, 0) is 6.54 Å². The smallest absolute Gasteiger partial charge is 0.121 e. The third-order valence-corrected chi connectivity index (χ3v) is 3.66. The maximum Gasteiger partial charge on any atom is 0.121 e. The maximum atomic E-state index is 6.02. The molecule has 0 saturated carbocycles. The zero-order valence-electron chi connectivity index (χ0n) is 12.1. The molecule has 0 fully saturated rings. The van der Waals surface area contributed by atoms with Crippen LogP contribution in [0.3, 0.4) is 0 Å². The average molecular weight is 290 g/mol. The lowest BCUT2D eigenvalue weighted by Crippen LogP contribution is -2.18. The van der Waals surface area contributed by atoms with Crippen LogP contribution >= 0.6 is 11.6 Å². The summed E-state index contributed by atoms with van der Waals surface area (Å²) in [6, 6.07) is 14.5. The van der Waals surface area contributed by atoms with Crippen molar-refractivity contribution in [2.45, 2.75) is 26.4 Å². The van der Waals surface area contributed by atoms with Crippen LogP contribution in [0.5, 0.6) is 5.75 Å². The highest BCUT2D eigenvalue weighted by Gasteiger charge is 2.06. The summed E-state index contributed by atoms with van der Waals surface area (Å²) in [5.74, 6) is 0.927. The third-order valence-electron chi connectivity index (χ3n) is 3.42. The lowest BCUT2D eigenvalue weighted by Gasteiger charge is -2.15. The van der Waals surface area contributed by atoms with Gasteiger partial charge in [-0.3, -0.25) is 0 Å². The van der Waals surface area contributed by atoms with Crippen molar-refractivity contribution < 1.29 is 4.74 Å². The van der Waals surface area contributed by atoms with Crippen LogP contribution in [-0.4, -0.2) is 7.11 Å². The summed E-state index contributed by atoms with van der Waals surface area (Å²) in [4.78, 5) is 0. The first-order chi connectivity index (χ1) is 9.60. The van der Waals surface area contributed by atoms with Gasteiger partial charge in [0.25, 0.3) is 0 Å². The van der Waals surface area contributed by atoms with E-state index in [1.54, 1.807) is 7.11 Å². The van der Waals surface area contributed by atoms with Crippen molar-refractivity contribution in [3.63, 3.8) is 0 Å². The Morgan fingerprint density at radius 2 is 2.00 bits per heavy atom. The normalized spacial score (nSPS) is 12.2. The van der Waals surface area contributed by atoms with Crippen LogP contribution in [0.25, 0.3) is 0 Å². The van der Waals surface area contributed by atoms with Crippen LogP contribution in [0.15, 0.2) is 42.5 Å². The molecule has 0 aromatic heterocycles. The molecule has 0 saturated heterocycles. The Morgan fingerprint density at radius 1 is 1.20 bits per heavy atom. The molecule has 1 N–H and O–H groups in total. The zero-order chi connectivity index (χ0) is 14.5. The molecule has 1 atom stereocenters. The van der Waals surface area contributed by atoms with Gasteiger partial charge in [0.2, 0.25) is 0 Å². The fraction of sp³-hybridized carbons (Fsp3) is 0.294. The van der Waals surface area contributed by atoms with E-state index in [1.165, 1.54) is 11.1 Å². The van der Waals surface area contributed by atoms with Crippen molar-refractivity contribution in [1.29, 1.82) is 0 Å². The van der Waals surface area contributed by atoms with Gasteiger partial charge in [0.1, 0.15) is 5.75 Å². The van der Waals surface area contributed by atoms with Crippen LogP contribution < -0.4 is 10.1 Å². The Balaban J connectivity index is 1.99. The molecule has 2 rings (SSSR count). The number of hydrogen-bond donors (Lipinski definition) is 1. The molecule has 106 valence electrons. The Labute approximate surface area is 125 Å². The summed E-state index contributed by atoms with van der Waals surface area (Å²) in [5, 5.41) is 4.28. The standard InChI is InChI=1S/C17H20ClNO/c1-12-9-14(7-8-17(12)20-3)11-19-13(2)15-5-4-6-16(18)10-15/h4-10,13,19H,11H2,1-3H3/t13-/m1/s1. The Kier molecular flexibility index (Phi) is 5.05.